The standard InChI is InChI=1S/C25H33N4/c1-6-7-10-14-29(4,5)15-13-28-23-12-9-8-11-20(23)24-25(28)27-22-17-19(3)18(2)16-21(22)26-24/h8-9,11-12,16-17H,6-7,10,13-15H2,1-5H3/q+1. The minimum atomic E-state index is 0.953. The molecule has 0 N–H and O–H groups in total. The summed E-state index contributed by atoms with van der Waals surface area (Å²) in [6.45, 7) is 9.82. The molecule has 0 amide bonds. The maximum Gasteiger partial charge on any atom is 0.160 e. The number of hydrogen-bond donors (Lipinski definition) is 0. The van der Waals surface area contributed by atoms with Gasteiger partial charge in [0.1, 0.15) is 5.52 Å². The van der Waals surface area contributed by atoms with E-state index in [1.54, 1.807) is 0 Å². The number of quaternary nitrogens is 1. The van der Waals surface area contributed by atoms with Crippen molar-refractivity contribution in [2.45, 2.75) is 46.6 Å². The second kappa shape index (κ2) is 7.75. The van der Waals surface area contributed by atoms with Crippen LogP contribution in [0.4, 0.5) is 0 Å². The number of aryl methyl sites for hydroxylation is 2. The van der Waals surface area contributed by atoms with Crippen LogP contribution < -0.4 is 0 Å². The molecule has 2 aromatic heterocycles. The van der Waals surface area contributed by atoms with Gasteiger partial charge in [-0.15, -0.1) is 0 Å². The summed E-state index contributed by atoms with van der Waals surface area (Å²) in [6, 6.07) is 12.9. The SMILES string of the molecule is CCCCC[N+](C)(C)CCn1c2ccccc2c2nc3cc(C)c(C)cc3nc21. The lowest BCUT2D eigenvalue weighted by atomic mass is 10.1. The van der Waals surface area contributed by atoms with Crippen LogP contribution in [0.3, 0.4) is 0 Å². The quantitative estimate of drug-likeness (QED) is 0.303. The Bertz CT molecular complexity index is 1170. The molecule has 2 heterocycles. The first kappa shape index (κ1) is 19.8. The number of nitrogens with zero attached hydrogens (tertiary/aromatic N) is 4. The van der Waals surface area contributed by atoms with E-state index in [-0.39, 0.29) is 0 Å². The second-order valence-electron chi connectivity index (χ2n) is 9.08. The molecule has 0 saturated heterocycles. The zero-order valence-corrected chi connectivity index (χ0v) is 18.5. The van der Waals surface area contributed by atoms with Crippen molar-refractivity contribution in [2.75, 3.05) is 27.2 Å². The van der Waals surface area contributed by atoms with Gasteiger partial charge in [0.15, 0.2) is 5.65 Å². The van der Waals surface area contributed by atoms with Crippen molar-refractivity contribution in [2.24, 2.45) is 0 Å². The van der Waals surface area contributed by atoms with Gasteiger partial charge in [0, 0.05) is 5.39 Å². The highest BCUT2D eigenvalue weighted by Gasteiger charge is 2.19. The Kier molecular flexibility index (Phi) is 5.30. The zero-order valence-electron chi connectivity index (χ0n) is 18.5. The minimum Gasteiger partial charge on any atom is -0.327 e. The topological polar surface area (TPSA) is 30.7 Å². The van der Waals surface area contributed by atoms with E-state index in [2.05, 4.69) is 75.8 Å². The summed E-state index contributed by atoms with van der Waals surface area (Å²) in [7, 11) is 4.69. The fraction of sp³-hybridized carbons (Fsp3) is 0.440. The Balaban J connectivity index is 1.79. The fourth-order valence-electron chi connectivity index (χ4n) is 4.19. The average Bonchev–Trinajstić information content (AvgIpc) is 2.99. The van der Waals surface area contributed by atoms with E-state index in [0.29, 0.717) is 0 Å². The summed E-state index contributed by atoms with van der Waals surface area (Å²) in [5.41, 5.74) is 7.77. The molecule has 0 aliphatic carbocycles. The predicted molar refractivity (Wildman–Crippen MR) is 123 cm³/mol. The van der Waals surface area contributed by atoms with Gasteiger partial charge >= 0.3 is 0 Å². The predicted octanol–water partition coefficient (Wildman–Crippen LogP) is 5.62. The lowest BCUT2D eigenvalue weighted by molar-refractivity contribution is -0.891. The van der Waals surface area contributed by atoms with Crippen molar-refractivity contribution >= 4 is 33.1 Å². The van der Waals surface area contributed by atoms with Gasteiger partial charge in [-0.05, 0) is 56.0 Å². The Morgan fingerprint density at radius 1 is 0.897 bits per heavy atom. The van der Waals surface area contributed by atoms with Crippen LogP contribution in [0.25, 0.3) is 33.1 Å². The number of unbranched alkanes of at least 4 members (excludes halogenated alkanes) is 2. The van der Waals surface area contributed by atoms with Crippen LogP contribution in [0.15, 0.2) is 36.4 Å². The van der Waals surface area contributed by atoms with E-state index in [1.807, 2.05) is 0 Å². The van der Waals surface area contributed by atoms with Gasteiger partial charge in [-0.2, -0.15) is 0 Å². The fourth-order valence-corrected chi connectivity index (χ4v) is 4.19. The van der Waals surface area contributed by atoms with Crippen LogP contribution in [0.5, 0.6) is 0 Å². The lowest BCUT2D eigenvalue weighted by Gasteiger charge is -2.30. The first-order valence-corrected chi connectivity index (χ1v) is 10.9. The minimum absolute atomic E-state index is 0.953. The summed E-state index contributed by atoms with van der Waals surface area (Å²) in [5, 5.41) is 1.20. The Morgan fingerprint density at radius 2 is 1.59 bits per heavy atom. The van der Waals surface area contributed by atoms with Crippen molar-refractivity contribution in [1.82, 2.24) is 14.5 Å². The van der Waals surface area contributed by atoms with Crippen molar-refractivity contribution in [3.63, 3.8) is 0 Å². The molecule has 0 atom stereocenters. The number of rotatable bonds is 7. The number of likely N-dealkylation sites (N-methyl/N-ethyl adjacent to an activating group) is 1. The zero-order chi connectivity index (χ0) is 20.6. The lowest BCUT2D eigenvalue weighted by Crippen LogP contribution is -2.42. The summed E-state index contributed by atoms with van der Waals surface area (Å²) >= 11 is 0. The molecule has 0 fully saturated rings. The third-order valence-electron chi connectivity index (χ3n) is 6.26. The van der Waals surface area contributed by atoms with E-state index in [1.165, 1.54) is 47.8 Å². The van der Waals surface area contributed by atoms with E-state index in [4.69, 9.17) is 9.97 Å². The molecule has 152 valence electrons. The number of para-hydroxylation sites is 1. The van der Waals surface area contributed by atoms with Crippen LogP contribution in [0, 0.1) is 13.8 Å². The molecule has 0 saturated carbocycles. The van der Waals surface area contributed by atoms with Gasteiger partial charge < -0.3 is 9.05 Å². The molecule has 4 heteroatoms. The van der Waals surface area contributed by atoms with Gasteiger partial charge in [-0.1, -0.05) is 31.5 Å². The molecule has 0 aliphatic heterocycles. The first-order valence-electron chi connectivity index (χ1n) is 10.9. The van der Waals surface area contributed by atoms with Gasteiger partial charge in [0.25, 0.3) is 0 Å². The number of hydrogen-bond acceptors (Lipinski definition) is 2. The van der Waals surface area contributed by atoms with Gasteiger partial charge in [-0.3, -0.25) is 0 Å². The number of benzene rings is 2. The molecule has 0 spiro atoms. The third kappa shape index (κ3) is 3.86. The number of fused-ring (bicyclic) bond motifs is 4. The van der Waals surface area contributed by atoms with E-state index >= 15 is 0 Å². The highest BCUT2D eigenvalue weighted by Crippen LogP contribution is 2.29. The molecule has 0 aliphatic rings. The molecular weight excluding hydrogens is 356 g/mol. The summed E-state index contributed by atoms with van der Waals surface area (Å²) in [6.07, 6.45) is 3.88. The molecule has 2 aromatic carbocycles. The van der Waals surface area contributed by atoms with Crippen LogP contribution in [-0.4, -0.2) is 46.2 Å². The van der Waals surface area contributed by atoms with Crippen molar-refractivity contribution in [1.29, 1.82) is 0 Å². The van der Waals surface area contributed by atoms with E-state index < -0.39 is 0 Å². The van der Waals surface area contributed by atoms with Crippen molar-refractivity contribution in [3.05, 3.63) is 47.5 Å². The van der Waals surface area contributed by atoms with E-state index in [0.717, 1.165) is 39.8 Å². The molecule has 4 nitrogen and oxygen atoms in total. The molecule has 0 bridgehead atoms. The third-order valence-corrected chi connectivity index (χ3v) is 6.26. The Morgan fingerprint density at radius 3 is 2.31 bits per heavy atom. The summed E-state index contributed by atoms with van der Waals surface area (Å²) in [4.78, 5) is 10.1. The second-order valence-corrected chi connectivity index (χ2v) is 9.08. The Labute approximate surface area is 173 Å². The van der Waals surface area contributed by atoms with Crippen molar-refractivity contribution < 1.29 is 4.48 Å². The molecule has 0 unspecified atom stereocenters. The summed E-state index contributed by atoms with van der Waals surface area (Å²) in [5.74, 6) is 0. The highest BCUT2D eigenvalue weighted by atomic mass is 15.3. The largest absolute Gasteiger partial charge is 0.327 e. The van der Waals surface area contributed by atoms with Crippen LogP contribution >= 0.6 is 0 Å². The van der Waals surface area contributed by atoms with Crippen LogP contribution in [-0.2, 0) is 6.54 Å². The van der Waals surface area contributed by atoms with Gasteiger partial charge in [0.05, 0.1) is 50.3 Å². The maximum absolute atomic E-state index is 5.09. The molecule has 4 aromatic rings. The smallest absolute Gasteiger partial charge is 0.160 e. The monoisotopic (exact) mass is 389 g/mol. The van der Waals surface area contributed by atoms with Crippen LogP contribution in [0.2, 0.25) is 0 Å². The van der Waals surface area contributed by atoms with Crippen molar-refractivity contribution in [3.8, 4) is 0 Å². The molecule has 0 radical (unpaired) electrons. The first-order chi connectivity index (χ1) is 13.9. The normalized spacial score (nSPS) is 12.4. The molecular formula is C25H33N4+. The number of aromatic nitrogens is 3. The molecule has 29 heavy (non-hydrogen) atoms. The van der Waals surface area contributed by atoms with Crippen LogP contribution in [0.1, 0.15) is 37.3 Å². The Hall–Kier alpha value is -2.46. The van der Waals surface area contributed by atoms with Gasteiger partial charge in [-0.25, -0.2) is 9.97 Å². The maximum atomic E-state index is 5.09. The molecule has 4 rings (SSSR count). The van der Waals surface area contributed by atoms with E-state index in [9.17, 15) is 0 Å². The average molecular weight is 390 g/mol. The summed E-state index contributed by atoms with van der Waals surface area (Å²) < 4.78 is 3.42. The highest BCUT2D eigenvalue weighted by molar-refractivity contribution is 6.06. The van der Waals surface area contributed by atoms with Gasteiger partial charge in [0.2, 0.25) is 0 Å².